The van der Waals surface area contributed by atoms with Gasteiger partial charge in [0.2, 0.25) is 5.91 Å². The summed E-state index contributed by atoms with van der Waals surface area (Å²) in [6, 6.07) is 17.5. The third kappa shape index (κ3) is 2.86. The van der Waals surface area contributed by atoms with Gasteiger partial charge in [-0.2, -0.15) is 0 Å². The van der Waals surface area contributed by atoms with Gasteiger partial charge in [0.15, 0.2) is 0 Å². The molecule has 2 aromatic rings. The van der Waals surface area contributed by atoms with Crippen molar-refractivity contribution in [1.29, 1.82) is 0 Å². The first kappa shape index (κ1) is 13.2. The number of rotatable bonds is 4. The predicted octanol–water partition coefficient (Wildman–Crippen LogP) is 4.28. The average molecular weight is 286 g/mol. The number of para-hydroxylation sites is 1. The lowest BCUT2D eigenvalue weighted by Crippen LogP contribution is -2.31. The zero-order valence-electron chi connectivity index (χ0n) is 11.1. The van der Waals surface area contributed by atoms with E-state index in [2.05, 4.69) is 0 Å². The SMILES string of the molecule is O=C(C1CC1)N(Cc1ccccc1Cl)c1ccccc1. The van der Waals surface area contributed by atoms with Gasteiger partial charge in [0.1, 0.15) is 0 Å². The molecule has 0 saturated heterocycles. The molecule has 1 saturated carbocycles. The normalized spacial score (nSPS) is 14.1. The largest absolute Gasteiger partial charge is 0.308 e. The van der Waals surface area contributed by atoms with Crippen molar-refractivity contribution in [2.75, 3.05) is 4.90 Å². The van der Waals surface area contributed by atoms with Crippen molar-refractivity contribution in [1.82, 2.24) is 0 Å². The summed E-state index contributed by atoms with van der Waals surface area (Å²) < 4.78 is 0. The fourth-order valence-corrected chi connectivity index (χ4v) is 2.45. The second-order valence-electron chi connectivity index (χ2n) is 5.13. The van der Waals surface area contributed by atoms with Crippen LogP contribution in [-0.2, 0) is 11.3 Å². The van der Waals surface area contributed by atoms with Crippen molar-refractivity contribution in [2.24, 2.45) is 5.92 Å². The van der Waals surface area contributed by atoms with Crippen LogP contribution in [0.1, 0.15) is 18.4 Å². The number of carbonyl (C=O) groups is 1. The number of amides is 1. The summed E-state index contributed by atoms with van der Waals surface area (Å²) in [5.74, 6) is 0.397. The fourth-order valence-electron chi connectivity index (χ4n) is 2.25. The molecule has 0 atom stereocenters. The number of anilines is 1. The van der Waals surface area contributed by atoms with Crippen LogP contribution < -0.4 is 4.90 Å². The lowest BCUT2D eigenvalue weighted by atomic mass is 10.1. The molecule has 0 bridgehead atoms. The topological polar surface area (TPSA) is 20.3 Å². The van der Waals surface area contributed by atoms with E-state index in [4.69, 9.17) is 11.6 Å². The lowest BCUT2D eigenvalue weighted by molar-refractivity contribution is -0.119. The number of hydrogen-bond acceptors (Lipinski definition) is 1. The minimum atomic E-state index is 0.192. The summed E-state index contributed by atoms with van der Waals surface area (Å²) in [5, 5.41) is 0.706. The Morgan fingerprint density at radius 3 is 2.35 bits per heavy atom. The highest BCUT2D eigenvalue weighted by Gasteiger charge is 2.34. The molecule has 1 amide bonds. The highest BCUT2D eigenvalue weighted by atomic mass is 35.5. The third-order valence-electron chi connectivity index (χ3n) is 3.55. The van der Waals surface area contributed by atoms with Gasteiger partial charge >= 0.3 is 0 Å². The maximum atomic E-state index is 12.5. The number of carbonyl (C=O) groups excluding carboxylic acids is 1. The van der Waals surface area contributed by atoms with Gasteiger partial charge in [-0.1, -0.05) is 48.0 Å². The molecule has 0 unspecified atom stereocenters. The van der Waals surface area contributed by atoms with E-state index < -0.39 is 0 Å². The molecule has 3 rings (SSSR count). The van der Waals surface area contributed by atoms with E-state index in [0.29, 0.717) is 11.6 Å². The van der Waals surface area contributed by atoms with Crippen LogP contribution in [0.25, 0.3) is 0 Å². The first-order valence-electron chi connectivity index (χ1n) is 6.85. The van der Waals surface area contributed by atoms with Gasteiger partial charge in [0.25, 0.3) is 0 Å². The van der Waals surface area contributed by atoms with E-state index in [9.17, 15) is 4.79 Å². The Morgan fingerprint density at radius 1 is 1.05 bits per heavy atom. The molecule has 1 fully saturated rings. The summed E-state index contributed by atoms with van der Waals surface area (Å²) in [7, 11) is 0. The highest BCUT2D eigenvalue weighted by molar-refractivity contribution is 6.31. The van der Waals surface area contributed by atoms with Crippen LogP contribution in [0.2, 0.25) is 5.02 Å². The molecule has 0 aromatic heterocycles. The average Bonchev–Trinajstić information content (AvgIpc) is 3.31. The van der Waals surface area contributed by atoms with E-state index >= 15 is 0 Å². The van der Waals surface area contributed by atoms with E-state index in [1.54, 1.807) is 0 Å². The number of benzene rings is 2. The Kier molecular flexibility index (Phi) is 3.75. The maximum Gasteiger partial charge on any atom is 0.230 e. The molecule has 0 aliphatic heterocycles. The van der Waals surface area contributed by atoms with Crippen LogP contribution >= 0.6 is 11.6 Å². The zero-order valence-corrected chi connectivity index (χ0v) is 11.9. The third-order valence-corrected chi connectivity index (χ3v) is 3.92. The van der Waals surface area contributed by atoms with Crippen LogP contribution in [0.15, 0.2) is 54.6 Å². The first-order valence-corrected chi connectivity index (χ1v) is 7.23. The maximum absolute atomic E-state index is 12.5. The molecule has 0 spiro atoms. The fraction of sp³-hybridized carbons (Fsp3) is 0.235. The second-order valence-corrected chi connectivity index (χ2v) is 5.53. The number of nitrogens with zero attached hydrogens (tertiary/aromatic N) is 1. The summed E-state index contributed by atoms with van der Waals surface area (Å²) in [6.07, 6.45) is 2.01. The predicted molar refractivity (Wildman–Crippen MR) is 81.8 cm³/mol. The van der Waals surface area contributed by atoms with Crippen LogP contribution in [-0.4, -0.2) is 5.91 Å². The standard InChI is InChI=1S/C17H16ClNO/c18-16-9-5-4-6-14(16)12-19(17(20)13-10-11-13)15-7-2-1-3-8-15/h1-9,13H,10-12H2. The van der Waals surface area contributed by atoms with Crippen LogP contribution in [0, 0.1) is 5.92 Å². The van der Waals surface area contributed by atoms with Gasteiger partial charge in [0, 0.05) is 16.6 Å². The minimum Gasteiger partial charge on any atom is -0.308 e. The molecule has 0 N–H and O–H groups in total. The first-order chi connectivity index (χ1) is 9.75. The molecular formula is C17H16ClNO. The van der Waals surface area contributed by atoms with Crippen molar-refractivity contribution in [3.63, 3.8) is 0 Å². The summed E-state index contributed by atoms with van der Waals surface area (Å²) in [6.45, 7) is 0.527. The Labute approximate surface area is 124 Å². The van der Waals surface area contributed by atoms with E-state index in [0.717, 1.165) is 24.1 Å². The van der Waals surface area contributed by atoms with Crippen LogP contribution in [0.3, 0.4) is 0 Å². The molecule has 2 aromatic carbocycles. The van der Waals surface area contributed by atoms with Crippen molar-refractivity contribution >= 4 is 23.2 Å². The molecule has 102 valence electrons. The lowest BCUT2D eigenvalue weighted by Gasteiger charge is -2.23. The van der Waals surface area contributed by atoms with E-state index in [1.165, 1.54) is 0 Å². The van der Waals surface area contributed by atoms with E-state index in [-0.39, 0.29) is 11.8 Å². The monoisotopic (exact) mass is 285 g/mol. The molecule has 0 radical (unpaired) electrons. The number of halogens is 1. The van der Waals surface area contributed by atoms with E-state index in [1.807, 2.05) is 59.5 Å². The Hall–Kier alpha value is -1.80. The Morgan fingerprint density at radius 2 is 1.70 bits per heavy atom. The van der Waals surface area contributed by atoms with Gasteiger partial charge in [-0.25, -0.2) is 0 Å². The van der Waals surface area contributed by atoms with Crippen molar-refractivity contribution < 1.29 is 4.79 Å². The summed E-state index contributed by atoms with van der Waals surface area (Å²) in [4.78, 5) is 14.4. The molecule has 2 nitrogen and oxygen atoms in total. The van der Waals surface area contributed by atoms with Gasteiger partial charge < -0.3 is 4.90 Å². The van der Waals surface area contributed by atoms with Crippen LogP contribution in [0.4, 0.5) is 5.69 Å². The van der Waals surface area contributed by atoms with Gasteiger partial charge in [-0.05, 0) is 36.6 Å². The number of hydrogen-bond donors (Lipinski definition) is 0. The molecule has 0 heterocycles. The molecule has 3 heteroatoms. The molecule has 1 aliphatic carbocycles. The van der Waals surface area contributed by atoms with Crippen LogP contribution in [0.5, 0.6) is 0 Å². The molecule has 20 heavy (non-hydrogen) atoms. The molecular weight excluding hydrogens is 270 g/mol. The van der Waals surface area contributed by atoms with Gasteiger partial charge in [-0.15, -0.1) is 0 Å². The van der Waals surface area contributed by atoms with Gasteiger partial charge in [-0.3, -0.25) is 4.79 Å². The smallest absolute Gasteiger partial charge is 0.230 e. The minimum absolute atomic E-state index is 0.192. The van der Waals surface area contributed by atoms with Crippen molar-refractivity contribution in [2.45, 2.75) is 19.4 Å². The summed E-state index contributed by atoms with van der Waals surface area (Å²) >= 11 is 6.22. The highest BCUT2D eigenvalue weighted by Crippen LogP contribution is 2.34. The quantitative estimate of drug-likeness (QED) is 0.821. The second kappa shape index (κ2) is 5.68. The van der Waals surface area contributed by atoms with Gasteiger partial charge in [0.05, 0.1) is 6.54 Å². The molecule has 1 aliphatic rings. The zero-order chi connectivity index (χ0) is 13.9. The summed E-state index contributed by atoms with van der Waals surface area (Å²) in [5.41, 5.74) is 1.91. The van der Waals surface area contributed by atoms with Crippen molar-refractivity contribution in [3.05, 3.63) is 65.2 Å². The Balaban J connectivity index is 1.90. The van der Waals surface area contributed by atoms with Crippen molar-refractivity contribution in [3.8, 4) is 0 Å². The Bertz CT molecular complexity index is 607.